The Labute approximate surface area is 117 Å². The number of carbonyl (C=O) groups is 3. The van der Waals surface area contributed by atoms with Crippen LogP contribution in [-0.4, -0.2) is 31.3 Å². The Kier molecular flexibility index (Phi) is 6.16. The molecule has 5 nitrogen and oxygen atoms in total. The van der Waals surface area contributed by atoms with Gasteiger partial charge >= 0.3 is 5.97 Å². The van der Waals surface area contributed by atoms with Crippen molar-refractivity contribution >= 4 is 17.5 Å². The first-order valence-corrected chi connectivity index (χ1v) is 6.09. The molecule has 0 N–H and O–H groups in total. The van der Waals surface area contributed by atoms with E-state index in [4.69, 9.17) is 4.74 Å². The number of carbonyl (C=O) groups excluding carboxylic acids is 3. The lowest BCUT2D eigenvalue weighted by molar-refractivity contribution is -0.135. The Morgan fingerprint density at radius 1 is 1.20 bits per heavy atom. The molecule has 0 fully saturated rings. The molecule has 0 heterocycles. The van der Waals surface area contributed by atoms with Gasteiger partial charge in [-0.3, -0.25) is 9.59 Å². The monoisotopic (exact) mass is 276 g/mol. The molecule has 1 aromatic rings. The van der Waals surface area contributed by atoms with E-state index in [9.17, 15) is 14.4 Å². The van der Waals surface area contributed by atoms with E-state index in [2.05, 4.69) is 11.3 Å². The Hall–Kier alpha value is -2.43. The first-order valence-electron chi connectivity index (χ1n) is 6.09. The predicted molar refractivity (Wildman–Crippen MR) is 72.7 cm³/mol. The van der Waals surface area contributed by atoms with Crippen LogP contribution in [0.2, 0.25) is 0 Å². The van der Waals surface area contributed by atoms with Crippen LogP contribution in [0, 0.1) is 0 Å². The molecular formula is C15H16O5. The van der Waals surface area contributed by atoms with Gasteiger partial charge in [0.25, 0.3) is 5.78 Å². The quantitative estimate of drug-likeness (QED) is 0.239. The third kappa shape index (κ3) is 4.68. The van der Waals surface area contributed by atoms with Crippen LogP contribution in [-0.2, 0) is 14.3 Å². The first kappa shape index (κ1) is 15.6. The van der Waals surface area contributed by atoms with Gasteiger partial charge < -0.3 is 9.47 Å². The van der Waals surface area contributed by atoms with E-state index >= 15 is 0 Å². The number of methoxy groups -OCH3 is 1. The molecular weight excluding hydrogens is 260 g/mol. The number of Topliss-reactive ketones (excluding diaryl/α,β-unsaturated/α-hetero) is 1. The largest absolute Gasteiger partial charge is 0.494 e. The fourth-order valence-corrected chi connectivity index (χ4v) is 1.45. The van der Waals surface area contributed by atoms with Crippen molar-refractivity contribution in [3.05, 3.63) is 42.5 Å². The molecule has 106 valence electrons. The van der Waals surface area contributed by atoms with Crippen molar-refractivity contribution in [2.24, 2.45) is 0 Å². The van der Waals surface area contributed by atoms with Crippen LogP contribution >= 0.6 is 0 Å². The van der Waals surface area contributed by atoms with E-state index in [0.29, 0.717) is 25.2 Å². The minimum absolute atomic E-state index is 0.0207. The van der Waals surface area contributed by atoms with Crippen molar-refractivity contribution in [3.8, 4) is 5.75 Å². The molecule has 20 heavy (non-hydrogen) atoms. The molecule has 0 aromatic heterocycles. The number of hydrogen-bond acceptors (Lipinski definition) is 5. The first-order chi connectivity index (χ1) is 9.58. The van der Waals surface area contributed by atoms with Crippen LogP contribution in [0.1, 0.15) is 23.2 Å². The zero-order valence-electron chi connectivity index (χ0n) is 11.3. The fraction of sp³-hybridized carbons (Fsp3) is 0.267. The molecule has 0 spiro atoms. The second kappa shape index (κ2) is 7.89. The second-order valence-corrected chi connectivity index (χ2v) is 3.97. The molecule has 0 saturated carbocycles. The highest BCUT2D eigenvalue weighted by atomic mass is 16.5. The molecule has 0 aliphatic carbocycles. The summed E-state index contributed by atoms with van der Waals surface area (Å²) in [5, 5.41) is 0. The topological polar surface area (TPSA) is 69.7 Å². The lowest BCUT2D eigenvalue weighted by Gasteiger charge is -2.06. The summed E-state index contributed by atoms with van der Waals surface area (Å²) >= 11 is 0. The number of allylic oxidation sites excluding steroid dienone is 1. The summed E-state index contributed by atoms with van der Waals surface area (Å²) in [6.07, 6.45) is 2.27. The standard InChI is InChI=1S/C15H16O5/c1-3-12(16)5-4-10-20-13-8-6-11(7-9-13)14(17)15(18)19-2/h3,6-9H,1,4-5,10H2,2H3. The van der Waals surface area contributed by atoms with E-state index in [0.717, 1.165) is 7.11 Å². The van der Waals surface area contributed by atoms with Gasteiger partial charge in [0.05, 0.1) is 13.7 Å². The Morgan fingerprint density at radius 2 is 1.85 bits per heavy atom. The molecule has 5 heteroatoms. The SMILES string of the molecule is C=CC(=O)CCCOc1ccc(C(=O)C(=O)OC)cc1. The summed E-state index contributed by atoms with van der Waals surface area (Å²) in [5.74, 6) is -1.05. The van der Waals surface area contributed by atoms with Crippen LogP contribution in [0.15, 0.2) is 36.9 Å². The third-order valence-corrected chi connectivity index (χ3v) is 2.55. The highest BCUT2D eigenvalue weighted by Crippen LogP contribution is 2.13. The zero-order chi connectivity index (χ0) is 15.0. The van der Waals surface area contributed by atoms with Gasteiger partial charge in [-0.15, -0.1) is 0 Å². The molecule has 0 bridgehead atoms. The average Bonchev–Trinajstić information content (AvgIpc) is 2.50. The van der Waals surface area contributed by atoms with E-state index in [-0.39, 0.29) is 11.3 Å². The van der Waals surface area contributed by atoms with Crippen LogP contribution in [0.5, 0.6) is 5.75 Å². The fourth-order valence-electron chi connectivity index (χ4n) is 1.45. The van der Waals surface area contributed by atoms with Gasteiger partial charge in [0, 0.05) is 12.0 Å². The van der Waals surface area contributed by atoms with Crippen LogP contribution in [0.4, 0.5) is 0 Å². The number of ketones is 2. The third-order valence-electron chi connectivity index (χ3n) is 2.55. The van der Waals surface area contributed by atoms with Crippen LogP contribution < -0.4 is 4.74 Å². The van der Waals surface area contributed by atoms with Crippen molar-refractivity contribution in [3.63, 3.8) is 0 Å². The number of ether oxygens (including phenoxy) is 2. The molecule has 0 unspecified atom stereocenters. The number of rotatable bonds is 8. The van der Waals surface area contributed by atoms with Crippen LogP contribution in [0.3, 0.4) is 0 Å². The van der Waals surface area contributed by atoms with Crippen molar-refractivity contribution < 1.29 is 23.9 Å². The molecule has 1 aromatic carbocycles. The average molecular weight is 276 g/mol. The van der Waals surface area contributed by atoms with Gasteiger partial charge in [0.15, 0.2) is 5.78 Å². The highest BCUT2D eigenvalue weighted by Gasteiger charge is 2.16. The molecule has 0 atom stereocenters. The Balaban J connectivity index is 2.47. The van der Waals surface area contributed by atoms with Gasteiger partial charge in [-0.2, -0.15) is 0 Å². The Bertz CT molecular complexity index is 502. The maximum absolute atomic E-state index is 11.5. The van der Waals surface area contributed by atoms with E-state index < -0.39 is 11.8 Å². The highest BCUT2D eigenvalue weighted by molar-refractivity contribution is 6.40. The van der Waals surface area contributed by atoms with Crippen molar-refractivity contribution in [1.82, 2.24) is 0 Å². The van der Waals surface area contributed by atoms with E-state index in [1.165, 1.54) is 18.2 Å². The van der Waals surface area contributed by atoms with Crippen LogP contribution in [0.25, 0.3) is 0 Å². The molecule has 0 amide bonds. The summed E-state index contributed by atoms with van der Waals surface area (Å²) < 4.78 is 9.76. The molecule has 0 aliphatic rings. The van der Waals surface area contributed by atoms with Crippen molar-refractivity contribution in [2.45, 2.75) is 12.8 Å². The summed E-state index contributed by atoms with van der Waals surface area (Å²) in [6, 6.07) is 6.16. The molecule has 0 radical (unpaired) electrons. The van der Waals surface area contributed by atoms with E-state index in [1.54, 1.807) is 12.1 Å². The lowest BCUT2D eigenvalue weighted by atomic mass is 10.1. The lowest BCUT2D eigenvalue weighted by Crippen LogP contribution is -2.15. The van der Waals surface area contributed by atoms with Gasteiger partial charge in [-0.05, 0) is 36.8 Å². The number of hydrogen-bond donors (Lipinski definition) is 0. The normalized spacial score (nSPS) is 9.65. The summed E-state index contributed by atoms with van der Waals surface area (Å²) in [5.41, 5.74) is 0.242. The van der Waals surface area contributed by atoms with Gasteiger partial charge in [-0.1, -0.05) is 6.58 Å². The summed E-state index contributed by atoms with van der Waals surface area (Å²) in [6.45, 7) is 3.78. The molecule has 0 saturated heterocycles. The second-order valence-electron chi connectivity index (χ2n) is 3.97. The maximum atomic E-state index is 11.5. The minimum atomic E-state index is -0.901. The smallest absolute Gasteiger partial charge is 0.379 e. The number of esters is 1. The van der Waals surface area contributed by atoms with Gasteiger partial charge in [0.1, 0.15) is 5.75 Å². The predicted octanol–water partition coefficient (Wildman–Crippen LogP) is 1.96. The zero-order valence-corrected chi connectivity index (χ0v) is 11.3. The van der Waals surface area contributed by atoms with E-state index in [1.807, 2.05) is 0 Å². The Morgan fingerprint density at radius 3 is 2.40 bits per heavy atom. The minimum Gasteiger partial charge on any atom is -0.494 e. The molecule has 0 aliphatic heterocycles. The molecule has 1 rings (SSSR count). The summed E-state index contributed by atoms with van der Waals surface area (Å²) in [7, 11) is 1.16. The van der Waals surface area contributed by atoms with Gasteiger partial charge in [0.2, 0.25) is 0 Å². The number of benzene rings is 1. The van der Waals surface area contributed by atoms with Crippen molar-refractivity contribution in [1.29, 1.82) is 0 Å². The summed E-state index contributed by atoms with van der Waals surface area (Å²) in [4.78, 5) is 33.5. The van der Waals surface area contributed by atoms with Gasteiger partial charge in [-0.25, -0.2) is 4.79 Å². The van der Waals surface area contributed by atoms with Crippen molar-refractivity contribution in [2.75, 3.05) is 13.7 Å². The maximum Gasteiger partial charge on any atom is 0.379 e.